The third-order valence-corrected chi connectivity index (χ3v) is 5.98. The van der Waals surface area contributed by atoms with E-state index in [1.54, 1.807) is 30.0 Å². The number of halogens is 1. The van der Waals surface area contributed by atoms with Gasteiger partial charge in [0.1, 0.15) is 0 Å². The Hall–Kier alpha value is -1.15. The summed E-state index contributed by atoms with van der Waals surface area (Å²) in [6.07, 6.45) is 0. The van der Waals surface area contributed by atoms with Crippen molar-refractivity contribution in [2.24, 2.45) is 0 Å². The number of aliphatic carboxylic acids is 1. The molecule has 2 rings (SSSR count). The number of piperazine rings is 1. The van der Waals surface area contributed by atoms with Crippen molar-refractivity contribution < 1.29 is 18.3 Å². The maximum Gasteiger partial charge on any atom is 0.317 e. The average molecular weight is 333 g/mol. The Kier molecular flexibility index (Phi) is 4.88. The molecule has 1 aromatic carbocycles. The normalized spacial score (nSPS) is 17.8. The summed E-state index contributed by atoms with van der Waals surface area (Å²) in [6, 6.07) is 4.81. The Bertz CT molecular complexity index is 640. The van der Waals surface area contributed by atoms with Crippen LogP contribution in [0.2, 0.25) is 5.02 Å². The average Bonchev–Trinajstić information content (AvgIpc) is 2.41. The summed E-state index contributed by atoms with van der Waals surface area (Å²) in [7, 11) is -3.59. The van der Waals surface area contributed by atoms with Crippen LogP contribution in [0.15, 0.2) is 23.1 Å². The standard InChI is InChI=1S/C13H17ClN2O4S/c1-10-11(14)3-2-4-12(10)21(19,20)16-7-5-15(6-8-16)9-13(17)18/h2-4H,5-9H2,1H3,(H,17,18). The maximum atomic E-state index is 12.6. The van der Waals surface area contributed by atoms with Crippen molar-refractivity contribution >= 4 is 27.6 Å². The van der Waals surface area contributed by atoms with E-state index < -0.39 is 16.0 Å². The number of sulfonamides is 1. The van der Waals surface area contributed by atoms with Gasteiger partial charge >= 0.3 is 5.97 Å². The van der Waals surface area contributed by atoms with Crippen molar-refractivity contribution in [2.75, 3.05) is 32.7 Å². The molecule has 1 aliphatic heterocycles. The summed E-state index contributed by atoms with van der Waals surface area (Å²) >= 11 is 5.98. The van der Waals surface area contributed by atoms with Gasteiger partial charge in [-0.1, -0.05) is 17.7 Å². The Morgan fingerprint density at radius 2 is 1.90 bits per heavy atom. The topological polar surface area (TPSA) is 77.9 Å². The summed E-state index contributed by atoms with van der Waals surface area (Å²) in [4.78, 5) is 12.6. The molecule has 6 nitrogen and oxygen atoms in total. The van der Waals surface area contributed by atoms with Gasteiger partial charge in [-0.25, -0.2) is 8.42 Å². The van der Waals surface area contributed by atoms with Crippen molar-refractivity contribution in [1.29, 1.82) is 0 Å². The fourth-order valence-electron chi connectivity index (χ4n) is 2.33. The highest BCUT2D eigenvalue weighted by Crippen LogP contribution is 2.26. The summed E-state index contributed by atoms with van der Waals surface area (Å²) in [6.45, 7) is 2.99. The van der Waals surface area contributed by atoms with Crippen LogP contribution in [0.1, 0.15) is 5.56 Å². The summed E-state index contributed by atoms with van der Waals surface area (Å²) in [5, 5.41) is 9.17. The van der Waals surface area contributed by atoms with Gasteiger partial charge in [0, 0.05) is 31.2 Å². The van der Waals surface area contributed by atoms with Crippen molar-refractivity contribution in [1.82, 2.24) is 9.21 Å². The van der Waals surface area contributed by atoms with Crippen LogP contribution >= 0.6 is 11.6 Å². The minimum absolute atomic E-state index is 0.0654. The van der Waals surface area contributed by atoms with E-state index in [-0.39, 0.29) is 24.5 Å². The van der Waals surface area contributed by atoms with Gasteiger partial charge in [0.2, 0.25) is 10.0 Å². The fraction of sp³-hybridized carbons (Fsp3) is 0.462. The molecule has 1 heterocycles. The number of hydrogen-bond acceptors (Lipinski definition) is 4. The van der Waals surface area contributed by atoms with Crippen LogP contribution < -0.4 is 0 Å². The molecule has 0 amide bonds. The lowest BCUT2D eigenvalue weighted by Gasteiger charge is -2.33. The number of carboxylic acids is 1. The van der Waals surface area contributed by atoms with E-state index in [2.05, 4.69) is 0 Å². The summed E-state index contributed by atoms with van der Waals surface area (Å²) < 4.78 is 26.6. The highest BCUT2D eigenvalue weighted by atomic mass is 35.5. The Morgan fingerprint density at radius 1 is 1.29 bits per heavy atom. The van der Waals surface area contributed by atoms with Crippen LogP contribution in [0.25, 0.3) is 0 Å². The number of benzene rings is 1. The summed E-state index contributed by atoms with van der Waals surface area (Å²) in [5.41, 5.74) is 0.534. The largest absolute Gasteiger partial charge is 0.480 e. The first-order valence-electron chi connectivity index (χ1n) is 6.52. The molecule has 21 heavy (non-hydrogen) atoms. The molecule has 1 N–H and O–H groups in total. The molecule has 0 aromatic heterocycles. The van der Waals surface area contributed by atoms with Crippen LogP contribution in [0.4, 0.5) is 0 Å². The van der Waals surface area contributed by atoms with Gasteiger partial charge in [-0.05, 0) is 24.6 Å². The van der Waals surface area contributed by atoms with Crippen molar-refractivity contribution in [3.05, 3.63) is 28.8 Å². The Balaban J connectivity index is 2.15. The number of hydrogen-bond donors (Lipinski definition) is 1. The quantitative estimate of drug-likeness (QED) is 0.891. The molecule has 0 radical (unpaired) electrons. The lowest BCUT2D eigenvalue weighted by Crippen LogP contribution is -2.49. The van der Waals surface area contributed by atoms with Gasteiger partial charge in [-0.3, -0.25) is 9.69 Å². The molecule has 0 spiro atoms. The molecule has 8 heteroatoms. The second kappa shape index (κ2) is 6.31. The molecule has 1 fully saturated rings. The molecule has 1 saturated heterocycles. The Morgan fingerprint density at radius 3 is 2.48 bits per heavy atom. The molecule has 0 atom stereocenters. The number of carbonyl (C=O) groups is 1. The van der Waals surface area contributed by atoms with Crippen LogP contribution in [-0.4, -0.2) is 61.4 Å². The molecular formula is C13H17ClN2O4S. The first-order valence-corrected chi connectivity index (χ1v) is 8.33. The number of rotatable bonds is 4. The Labute approximate surface area is 129 Å². The van der Waals surface area contributed by atoms with Crippen LogP contribution in [0.5, 0.6) is 0 Å². The molecule has 0 saturated carbocycles. The van der Waals surface area contributed by atoms with E-state index >= 15 is 0 Å². The van der Waals surface area contributed by atoms with E-state index in [0.717, 1.165) is 0 Å². The van der Waals surface area contributed by atoms with E-state index in [1.165, 1.54) is 4.31 Å². The van der Waals surface area contributed by atoms with Crippen LogP contribution in [0, 0.1) is 6.92 Å². The highest BCUT2D eigenvalue weighted by Gasteiger charge is 2.30. The smallest absolute Gasteiger partial charge is 0.317 e. The van der Waals surface area contributed by atoms with E-state index in [0.29, 0.717) is 23.7 Å². The molecule has 1 aliphatic rings. The van der Waals surface area contributed by atoms with Gasteiger partial charge in [0.05, 0.1) is 11.4 Å². The third kappa shape index (κ3) is 3.55. The van der Waals surface area contributed by atoms with E-state index in [9.17, 15) is 13.2 Å². The minimum atomic E-state index is -3.59. The third-order valence-electron chi connectivity index (χ3n) is 3.53. The predicted octanol–water partition coefficient (Wildman–Crippen LogP) is 1.04. The predicted molar refractivity (Wildman–Crippen MR) is 79.0 cm³/mol. The molecule has 0 bridgehead atoms. The van der Waals surface area contributed by atoms with Gasteiger partial charge in [0.15, 0.2) is 0 Å². The molecular weight excluding hydrogens is 316 g/mol. The van der Waals surface area contributed by atoms with E-state index in [1.807, 2.05) is 0 Å². The summed E-state index contributed by atoms with van der Waals surface area (Å²) in [5.74, 6) is -0.906. The second-order valence-corrected chi connectivity index (χ2v) is 7.25. The van der Waals surface area contributed by atoms with Gasteiger partial charge in [-0.2, -0.15) is 4.31 Å². The number of nitrogens with zero attached hydrogens (tertiary/aromatic N) is 2. The second-order valence-electron chi connectivity index (χ2n) is 4.94. The molecule has 116 valence electrons. The molecule has 1 aromatic rings. The zero-order chi connectivity index (χ0) is 15.6. The lowest BCUT2D eigenvalue weighted by atomic mass is 10.2. The van der Waals surface area contributed by atoms with Gasteiger partial charge in [-0.15, -0.1) is 0 Å². The van der Waals surface area contributed by atoms with Gasteiger partial charge < -0.3 is 5.11 Å². The SMILES string of the molecule is Cc1c(Cl)cccc1S(=O)(=O)N1CCN(CC(=O)O)CC1. The highest BCUT2D eigenvalue weighted by molar-refractivity contribution is 7.89. The van der Waals surface area contributed by atoms with Crippen LogP contribution in [0.3, 0.4) is 0 Å². The lowest BCUT2D eigenvalue weighted by molar-refractivity contribution is -0.138. The minimum Gasteiger partial charge on any atom is -0.480 e. The zero-order valence-electron chi connectivity index (χ0n) is 11.6. The monoisotopic (exact) mass is 332 g/mol. The van der Waals surface area contributed by atoms with Crippen molar-refractivity contribution in [3.63, 3.8) is 0 Å². The van der Waals surface area contributed by atoms with Crippen LogP contribution in [-0.2, 0) is 14.8 Å². The van der Waals surface area contributed by atoms with E-state index in [4.69, 9.17) is 16.7 Å². The van der Waals surface area contributed by atoms with Gasteiger partial charge in [0.25, 0.3) is 0 Å². The zero-order valence-corrected chi connectivity index (χ0v) is 13.2. The first-order chi connectivity index (χ1) is 9.82. The fourth-order valence-corrected chi connectivity index (χ4v) is 4.23. The molecule has 0 unspecified atom stereocenters. The maximum absolute atomic E-state index is 12.6. The molecule has 0 aliphatic carbocycles. The number of carboxylic acid groups (broad SMARTS) is 1. The first kappa shape index (κ1) is 16.2. The van der Waals surface area contributed by atoms with Crippen molar-refractivity contribution in [2.45, 2.75) is 11.8 Å². The van der Waals surface area contributed by atoms with Crippen molar-refractivity contribution in [3.8, 4) is 0 Å².